The first-order valence-electron chi connectivity index (χ1n) is 5.90. The first-order chi connectivity index (χ1) is 8.60. The van der Waals surface area contributed by atoms with Crippen LogP contribution in [-0.4, -0.2) is 15.9 Å². The smallest absolute Gasteiger partial charge is 0.270 e. The molecular formula is C13H15N3O2. The SMILES string of the molecule is CCC(N)Cc1ccc2cc([N+](=O)[O-])ccc2n1. The first kappa shape index (κ1) is 12.4. The summed E-state index contributed by atoms with van der Waals surface area (Å²) in [5.74, 6) is 0. The van der Waals surface area contributed by atoms with Crippen molar-refractivity contribution in [1.29, 1.82) is 0 Å². The van der Waals surface area contributed by atoms with Gasteiger partial charge in [0.25, 0.3) is 5.69 Å². The highest BCUT2D eigenvalue weighted by Gasteiger charge is 2.08. The first-order valence-corrected chi connectivity index (χ1v) is 5.90. The van der Waals surface area contributed by atoms with Gasteiger partial charge in [0.15, 0.2) is 0 Å². The van der Waals surface area contributed by atoms with Crippen molar-refractivity contribution >= 4 is 16.6 Å². The van der Waals surface area contributed by atoms with E-state index in [9.17, 15) is 10.1 Å². The minimum Gasteiger partial charge on any atom is -0.327 e. The fourth-order valence-electron chi connectivity index (χ4n) is 1.80. The number of nitrogens with zero attached hydrogens (tertiary/aromatic N) is 2. The Balaban J connectivity index is 2.35. The molecule has 1 aromatic heterocycles. The lowest BCUT2D eigenvalue weighted by Crippen LogP contribution is -2.21. The van der Waals surface area contributed by atoms with Crippen molar-refractivity contribution < 1.29 is 4.92 Å². The van der Waals surface area contributed by atoms with E-state index in [1.54, 1.807) is 6.07 Å². The molecule has 1 atom stereocenters. The molecule has 2 N–H and O–H groups in total. The Morgan fingerprint density at radius 3 is 2.83 bits per heavy atom. The summed E-state index contributed by atoms with van der Waals surface area (Å²) in [7, 11) is 0. The molecule has 0 fully saturated rings. The predicted molar refractivity (Wildman–Crippen MR) is 70.4 cm³/mol. The van der Waals surface area contributed by atoms with Gasteiger partial charge in [-0.25, -0.2) is 0 Å². The summed E-state index contributed by atoms with van der Waals surface area (Å²) in [5.41, 5.74) is 7.66. The number of hydrogen-bond acceptors (Lipinski definition) is 4. The fourth-order valence-corrected chi connectivity index (χ4v) is 1.80. The van der Waals surface area contributed by atoms with Gasteiger partial charge < -0.3 is 5.73 Å². The Kier molecular flexibility index (Phi) is 3.53. The van der Waals surface area contributed by atoms with Crippen molar-refractivity contribution in [3.05, 3.63) is 46.1 Å². The molecule has 0 aliphatic carbocycles. The molecule has 0 bridgehead atoms. The minimum atomic E-state index is -0.402. The summed E-state index contributed by atoms with van der Waals surface area (Å²) in [6.45, 7) is 2.04. The molecule has 2 rings (SSSR count). The van der Waals surface area contributed by atoms with Gasteiger partial charge >= 0.3 is 0 Å². The van der Waals surface area contributed by atoms with Crippen LogP contribution in [0.1, 0.15) is 19.0 Å². The molecule has 0 amide bonds. The molecule has 1 unspecified atom stereocenters. The number of nitro groups is 1. The second-order valence-electron chi connectivity index (χ2n) is 4.31. The molecule has 1 aromatic carbocycles. The van der Waals surface area contributed by atoms with E-state index in [0.29, 0.717) is 0 Å². The second kappa shape index (κ2) is 5.10. The largest absolute Gasteiger partial charge is 0.327 e. The molecule has 0 spiro atoms. The van der Waals surface area contributed by atoms with E-state index >= 15 is 0 Å². The molecule has 2 aromatic rings. The fraction of sp³-hybridized carbons (Fsp3) is 0.308. The third kappa shape index (κ3) is 2.62. The molecule has 18 heavy (non-hydrogen) atoms. The van der Waals surface area contributed by atoms with E-state index in [-0.39, 0.29) is 11.7 Å². The van der Waals surface area contributed by atoms with E-state index < -0.39 is 4.92 Å². The Morgan fingerprint density at radius 1 is 1.39 bits per heavy atom. The Bertz CT molecular complexity index is 583. The van der Waals surface area contributed by atoms with Crippen molar-refractivity contribution in [3.8, 4) is 0 Å². The van der Waals surface area contributed by atoms with Gasteiger partial charge in [-0.3, -0.25) is 15.1 Å². The maximum Gasteiger partial charge on any atom is 0.270 e. The van der Waals surface area contributed by atoms with Crippen LogP contribution in [0, 0.1) is 10.1 Å². The number of pyridine rings is 1. The normalized spacial score (nSPS) is 12.6. The Labute approximate surface area is 105 Å². The van der Waals surface area contributed by atoms with Crippen LogP contribution in [0.15, 0.2) is 30.3 Å². The Morgan fingerprint density at radius 2 is 2.17 bits per heavy atom. The number of fused-ring (bicyclic) bond motifs is 1. The second-order valence-corrected chi connectivity index (χ2v) is 4.31. The average Bonchev–Trinajstić information content (AvgIpc) is 2.37. The van der Waals surface area contributed by atoms with Gasteiger partial charge in [0.2, 0.25) is 0 Å². The van der Waals surface area contributed by atoms with Gasteiger partial charge in [0.1, 0.15) is 0 Å². The number of benzene rings is 1. The zero-order chi connectivity index (χ0) is 13.1. The standard InChI is InChI=1S/C13H15N3O2/c1-2-10(14)8-11-4-3-9-7-12(16(17)18)5-6-13(9)15-11/h3-7,10H,2,8,14H2,1H3. The summed E-state index contributed by atoms with van der Waals surface area (Å²) in [4.78, 5) is 14.7. The molecule has 0 aliphatic heterocycles. The van der Waals surface area contributed by atoms with Crippen molar-refractivity contribution in [2.24, 2.45) is 5.73 Å². The highest BCUT2D eigenvalue weighted by atomic mass is 16.6. The maximum atomic E-state index is 10.7. The van der Waals surface area contributed by atoms with Gasteiger partial charge in [-0.15, -0.1) is 0 Å². The number of non-ortho nitro benzene ring substituents is 1. The quantitative estimate of drug-likeness (QED) is 0.662. The van der Waals surface area contributed by atoms with Crippen molar-refractivity contribution in [3.63, 3.8) is 0 Å². The molecule has 5 heteroatoms. The Hall–Kier alpha value is -2.01. The lowest BCUT2D eigenvalue weighted by atomic mass is 10.1. The zero-order valence-electron chi connectivity index (χ0n) is 10.2. The monoisotopic (exact) mass is 245 g/mol. The summed E-state index contributed by atoms with van der Waals surface area (Å²) >= 11 is 0. The minimum absolute atomic E-state index is 0.0855. The number of nitro benzene ring substituents is 1. The number of rotatable bonds is 4. The van der Waals surface area contributed by atoms with Crippen molar-refractivity contribution in [2.75, 3.05) is 0 Å². The highest BCUT2D eigenvalue weighted by Crippen LogP contribution is 2.20. The molecule has 1 heterocycles. The molecular weight excluding hydrogens is 230 g/mol. The lowest BCUT2D eigenvalue weighted by Gasteiger charge is -2.08. The lowest BCUT2D eigenvalue weighted by molar-refractivity contribution is -0.384. The van der Waals surface area contributed by atoms with Gasteiger partial charge in [-0.1, -0.05) is 13.0 Å². The maximum absolute atomic E-state index is 10.7. The molecule has 0 saturated heterocycles. The van der Waals surface area contributed by atoms with Gasteiger partial charge in [-0.05, 0) is 18.6 Å². The van der Waals surface area contributed by atoms with Crippen LogP contribution in [0.2, 0.25) is 0 Å². The third-order valence-corrected chi connectivity index (χ3v) is 2.94. The van der Waals surface area contributed by atoms with Crippen LogP contribution in [0.4, 0.5) is 5.69 Å². The van der Waals surface area contributed by atoms with Gasteiger partial charge in [0, 0.05) is 35.7 Å². The van der Waals surface area contributed by atoms with Crippen LogP contribution in [0.25, 0.3) is 10.9 Å². The number of nitrogens with two attached hydrogens (primary N) is 1. The highest BCUT2D eigenvalue weighted by molar-refractivity contribution is 5.81. The van der Waals surface area contributed by atoms with E-state index in [0.717, 1.165) is 29.4 Å². The number of hydrogen-bond donors (Lipinski definition) is 1. The predicted octanol–water partition coefficient (Wildman–Crippen LogP) is 2.42. The van der Waals surface area contributed by atoms with Gasteiger partial charge in [0.05, 0.1) is 10.4 Å². The van der Waals surface area contributed by atoms with Crippen LogP contribution in [0.5, 0.6) is 0 Å². The van der Waals surface area contributed by atoms with Crippen molar-refractivity contribution in [1.82, 2.24) is 4.98 Å². The van der Waals surface area contributed by atoms with Crippen LogP contribution in [0.3, 0.4) is 0 Å². The summed E-state index contributed by atoms with van der Waals surface area (Å²) in [6, 6.07) is 8.52. The van der Waals surface area contributed by atoms with Crippen LogP contribution < -0.4 is 5.73 Å². The topological polar surface area (TPSA) is 82.0 Å². The molecule has 5 nitrogen and oxygen atoms in total. The molecule has 0 radical (unpaired) electrons. The average molecular weight is 245 g/mol. The van der Waals surface area contributed by atoms with E-state index in [1.807, 2.05) is 19.1 Å². The van der Waals surface area contributed by atoms with Crippen LogP contribution in [-0.2, 0) is 6.42 Å². The summed E-state index contributed by atoms with van der Waals surface area (Å²) in [5, 5.41) is 11.4. The molecule has 0 saturated carbocycles. The third-order valence-electron chi connectivity index (χ3n) is 2.94. The van der Waals surface area contributed by atoms with Crippen molar-refractivity contribution in [2.45, 2.75) is 25.8 Å². The van der Waals surface area contributed by atoms with Crippen LogP contribution >= 0.6 is 0 Å². The summed E-state index contributed by atoms with van der Waals surface area (Å²) < 4.78 is 0. The number of aromatic nitrogens is 1. The molecule has 0 aliphatic rings. The van der Waals surface area contributed by atoms with E-state index in [1.165, 1.54) is 12.1 Å². The van der Waals surface area contributed by atoms with Gasteiger partial charge in [-0.2, -0.15) is 0 Å². The van der Waals surface area contributed by atoms with E-state index in [4.69, 9.17) is 5.73 Å². The molecule has 94 valence electrons. The van der Waals surface area contributed by atoms with E-state index in [2.05, 4.69) is 4.98 Å². The summed E-state index contributed by atoms with van der Waals surface area (Å²) in [6.07, 6.45) is 1.63. The zero-order valence-corrected chi connectivity index (χ0v) is 10.2.